The highest BCUT2D eigenvalue weighted by Crippen LogP contribution is 2.25. The largest absolute Gasteiger partial charge is 0.331 e. The second-order valence-electron chi connectivity index (χ2n) is 4.81. The SMILES string of the molecule is CCCCCC(C)n1c(=S)[nH]c2ccc(Br)cc21. The van der Waals surface area contributed by atoms with E-state index in [0.717, 1.165) is 14.8 Å². The van der Waals surface area contributed by atoms with Crippen LogP contribution in [0.4, 0.5) is 0 Å². The van der Waals surface area contributed by atoms with E-state index in [1.807, 2.05) is 6.07 Å². The Hall–Kier alpha value is -0.610. The molecular formula is C14H19BrN2S. The van der Waals surface area contributed by atoms with Gasteiger partial charge in [-0.2, -0.15) is 0 Å². The Kier molecular flexibility index (Phi) is 4.62. The lowest BCUT2D eigenvalue weighted by Crippen LogP contribution is -2.05. The number of fused-ring (bicyclic) bond motifs is 1. The number of aromatic amines is 1. The predicted octanol–water partition coefficient (Wildman–Crippen LogP) is 5.60. The van der Waals surface area contributed by atoms with E-state index >= 15 is 0 Å². The Morgan fingerprint density at radius 3 is 2.89 bits per heavy atom. The number of benzene rings is 1. The molecule has 1 atom stereocenters. The average molecular weight is 327 g/mol. The molecule has 1 unspecified atom stereocenters. The van der Waals surface area contributed by atoms with Gasteiger partial charge in [-0.3, -0.25) is 0 Å². The van der Waals surface area contributed by atoms with Gasteiger partial charge in [-0.1, -0.05) is 42.1 Å². The number of unbranched alkanes of at least 4 members (excludes halogenated alkanes) is 2. The minimum Gasteiger partial charge on any atom is -0.331 e. The number of imidazole rings is 1. The Bertz CT molecular complexity index is 585. The van der Waals surface area contributed by atoms with Gasteiger partial charge in [0, 0.05) is 10.5 Å². The average Bonchev–Trinajstić information content (AvgIpc) is 2.64. The Balaban J connectivity index is 2.34. The van der Waals surface area contributed by atoms with Crippen molar-refractivity contribution < 1.29 is 0 Å². The first kappa shape index (κ1) is 13.8. The van der Waals surface area contributed by atoms with Crippen LogP contribution in [0.3, 0.4) is 0 Å². The molecule has 2 rings (SSSR count). The topological polar surface area (TPSA) is 20.7 Å². The van der Waals surface area contributed by atoms with Crippen LogP contribution < -0.4 is 0 Å². The number of nitrogens with one attached hydrogen (secondary N) is 1. The Morgan fingerprint density at radius 2 is 2.17 bits per heavy atom. The quantitative estimate of drug-likeness (QED) is 0.560. The van der Waals surface area contributed by atoms with E-state index in [1.54, 1.807) is 0 Å². The monoisotopic (exact) mass is 326 g/mol. The molecule has 0 fully saturated rings. The number of aromatic nitrogens is 2. The molecule has 0 saturated heterocycles. The molecule has 1 N–H and O–H groups in total. The van der Waals surface area contributed by atoms with Crippen molar-refractivity contribution >= 4 is 39.2 Å². The summed E-state index contributed by atoms with van der Waals surface area (Å²) >= 11 is 8.97. The maximum Gasteiger partial charge on any atom is 0.178 e. The summed E-state index contributed by atoms with van der Waals surface area (Å²) in [5.41, 5.74) is 2.31. The van der Waals surface area contributed by atoms with Crippen molar-refractivity contribution in [3.63, 3.8) is 0 Å². The van der Waals surface area contributed by atoms with E-state index in [9.17, 15) is 0 Å². The predicted molar refractivity (Wildman–Crippen MR) is 83.7 cm³/mol. The summed E-state index contributed by atoms with van der Waals surface area (Å²) in [5, 5.41) is 0. The first-order valence-corrected chi connectivity index (χ1v) is 7.73. The Morgan fingerprint density at radius 1 is 1.39 bits per heavy atom. The molecule has 1 aromatic heterocycles. The summed E-state index contributed by atoms with van der Waals surface area (Å²) in [4.78, 5) is 3.28. The molecule has 0 aliphatic carbocycles. The lowest BCUT2D eigenvalue weighted by atomic mass is 10.1. The van der Waals surface area contributed by atoms with E-state index in [0.29, 0.717) is 6.04 Å². The summed E-state index contributed by atoms with van der Waals surface area (Å²) < 4.78 is 4.16. The number of nitrogens with zero attached hydrogens (tertiary/aromatic N) is 1. The molecule has 4 heteroatoms. The third-order valence-corrected chi connectivity index (χ3v) is 4.14. The molecule has 2 aromatic rings. The molecule has 0 radical (unpaired) electrons. The van der Waals surface area contributed by atoms with Gasteiger partial charge in [0.05, 0.1) is 11.0 Å². The summed E-state index contributed by atoms with van der Waals surface area (Å²) in [6.45, 7) is 4.48. The molecule has 0 aliphatic rings. The van der Waals surface area contributed by atoms with Gasteiger partial charge in [-0.25, -0.2) is 0 Å². The minimum absolute atomic E-state index is 0.451. The molecule has 0 spiro atoms. The molecular weight excluding hydrogens is 308 g/mol. The molecule has 98 valence electrons. The van der Waals surface area contributed by atoms with Gasteiger partial charge >= 0.3 is 0 Å². The molecule has 2 nitrogen and oxygen atoms in total. The maximum atomic E-state index is 5.44. The highest BCUT2D eigenvalue weighted by atomic mass is 79.9. The van der Waals surface area contributed by atoms with Crippen molar-refractivity contribution in [2.45, 2.75) is 45.6 Å². The van der Waals surface area contributed by atoms with Gasteiger partial charge in [0.15, 0.2) is 4.77 Å². The summed E-state index contributed by atoms with van der Waals surface area (Å²) in [6, 6.07) is 6.70. The second-order valence-corrected chi connectivity index (χ2v) is 6.11. The first-order valence-electron chi connectivity index (χ1n) is 6.53. The molecule has 0 amide bonds. The van der Waals surface area contributed by atoms with Gasteiger partial charge in [0.1, 0.15) is 0 Å². The fourth-order valence-corrected chi connectivity index (χ4v) is 3.09. The molecule has 0 saturated carbocycles. The van der Waals surface area contributed by atoms with Gasteiger partial charge in [-0.15, -0.1) is 0 Å². The van der Waals surface area contributed by atoms with E-state index in [-0.39, 0.29) is 0 Å². The van der Waals surface area contributed by atoms with Crippen LogP contribution >= 0.6 is 28.1 Å². The Labute approximate surface area is 122 Å². The number of H-pyrrole nitrogens is 1. The zero-order chi connectivity index (χ0) is 13.1. The van der Waals surface area contributed by atoms with Crippen molar-refractivity contribution in [2.75, 3.05) is 0 Å². The number of hydrogen-bond acceptors (Lipinski definition) is 1. The number of halogens is 1. The van der Waals surface area contributed by atoms with E-state index < -0.39 is 0 Å². The van der Waals surface area contributed by atoms with Crippen LogP contribution in [-0.2, 0) is 0 Å². The number of rotatable bonds is 5. The first-order chi connectivity index (χ1) is 8.63. The third kappa shape index (κ3) is 2.86. The molecule has 1 aromatic carbocycles. The third-order valence-electron chi connectivity index (χ3n) is 3.35. The van der Waals surface area contributed by atoms with Crippen LogP contribution in [-0.4, -0.2) is 9.55 Å². The van der Waals surface area contributed by atoms with Crippen LogP contribution in [0.2, 0.25) is 0 Å². The highest BCUT2D eigenvalue weighted by Gasteiger charge is 2.11. The number of hydrogen-bond donors (Lipinski definition) is 1. The van der Waals surface area contributed by atoms with Crippen molar-refractivity contribution in [2.24, 2.45) is 0 Å². The molecule has 0 aliphatic heterocycles. The summed E-state index contributed by atoms with van der Waals surface area (Å²) in [5.74, 6) is 0. The van der Waals surface area contributed by atoms with Gasteiger partial charge in [0.25, 0.3) is 0 Å². The van der Waals surface area contributed by atoms with Crippen LogP contribution in [0.25, 0.3) is 11.0 Å². The van der Waals surface area contributed by atoms with Gasteiger partial charge in [0.2, 0.25) is 0 Å². The second kappa shape index (κ2) is 6.02. The smallest absolute Gasteiger partial charge is 0.178 e. The van der Waals surface area contributed by atoms with Crippen LogP contribution in [0, 0.1) is 4.77 Å². The zero-order valence-electron chi connectivity index (χ0n) is 10.9. The lowest BCUT2D eigenvalue weighted by molar-refractivity contribution is 0.483. The summed E-state index contributed by atoms with van der Waals surface area (Å²) in [6.07, 6.45) is 5.00. The van der Waals surface area contributed by atoms with Crippen LogP contribution in [0.5, 0.6) is 0 Å². The minimum atomic E-state index is 0.451. The molecule has 0 bridgehead atoms. The van der Waals surface area contributed by atoms with E-state index in [2.05, 4.69) is 51.5 Å². The van der Waals surface area contributed by atoms with Crippen molar-refractivity contribution in [3.8, 4) is 0 Å². The molecule has 1 heterocycles. The van der Waals surface area contributed by atoms with Gasteiger partial charge in [-0.05, 0) is 43.8 Å². The van der Waals surface area contributed by atoms with Crippen LogP contribution in [0.1, 0.15) is 45.6 Å². The van der Waals surface area contributed by atoms with Crippen LogP contribution in [0.15, 0.2) is 22.7 Å². The molecule has 18 heavy (non-hydrogen) atoms. The zero-order valence-corrected chi connectivity index (χ0v) is 13.3. The highest BCUT2D eigenvalue weighted by molar-refractivity contribution is 9.10. The van der Waals surface area contributed by atoms with Crippen molar-refractivity contribution in [1.82, 2.24) is 9.55 Å². The van der Waals surface area contributed by atoms with Crippen molar-refractivity contribution in [1.29, 1.82) is 0 Å². The lowest BCUT2D eigenvalue weighted by Gasteiger charge is -2.14. The van der Waals surface area contributed by atoms with Gasteiger partial charge < -0.3 is 9.55 Å². The fraction of sp³-hybridized carbons (Fsp3) is 0.500. The van der Waals surface area contributed by atoms with E-state index in [1.165, 1.54) is 31.2 Å². The standard InChI is InChI=1S/C14H19BrN2S/c1-3-4-5-6-10(2)17-13-9-11(15)7-8-12(13)16-14(17)18/h7-10H,3-6H2,1-2H3,(H,16,18). The summed E-state index contributed by atoms with van der Waals surface area (Å²) in [7, 11) is 0. The van der Waals surface area contributed by atoms with Crippen molar-refractivity contribution in [3.05, 3.63) is 27.4 Å². The normalized spacial score (nSPS) is 13.1. The van der Waals surface area contributed by atoms with E-state index in [4.69, 9.17) is 12.2 Å². The maximum absolute atomic E-state index is 5.44. The fourth-order valence-electron chi connectivity index (χ4n) is 2.35.